The molecule has 0 aliphatic heterocycles. The first-order valence-corrected chi connectivity index (χ1v) is 10.0. The maximum atomic E-state index is 12.4. The van der Waals surface area contributed by atoms with E-state index in [2.05, 4.69) is 0 Å². The monoisotopic (exact) mass is 394 g/mol. The number of sulfone groups is 1. The molecule has 0 unspecified atom stereocenters. The first kappa shape index (κ1) is 20.7. The Morgan fingerprint density at radius 1 is 1.26 bits per heavy atom. The number of benzene rings is 1. The highest BCUT2D eigenvalue weighted by atomic mass is 32.2. The number of methoxy groups -OCH3 is 1. The lowest BCUT2D eigenvalue weighted by Crippen LogP contribution is -2.49. The first-order valence-electron chi connectivity index (χ1n) is 8.11. The fourth-order valence-corrected chi connectivity index (χ4v) is 3.44. The minimum atomic E-state index is -3.82. The molecule has 9 heteroatoms. The van der Waals surface area contributed by atoms with Crippen molar-refractivity contribution < 1.29 is 23.2 Å². The van der Waals surface area contributed by atoms with Gasteiger partial charge in [0.1, 0.15) is 5.75 Å². The molecule has 1 aromatic carbocycles. The van der Waals surface area contributed by atoms with Gasteiger partial charge in [-0.25, -0.2) is 13.9 Å². The SMILES string of the molecule is COc1cccc(-c2ccn(CC[C@](C)(C(=O)NO)S(C)(=O)=O)c(=O)c2)c1. The number of ether oxygens (including phenoxy) is 1. The fourth-order valence-electron chi connectivity index (χ4n) is 2.59. The number of hydrogen-bond acceptors (Lipinski definition) is 6. The van der Waals surface area contributed by atoms with Gasteiger partial charge in [-0.05, 0) is 42.7 Å². The van der Waals surface area contributed by atoms with E-state index < -0.39 is 20.5 Å². The minimum absolute atomic E-state index is 0.00574. The molecule has 1 atom stereocenters. The quantitative estimate of drug-likeness (QED) is 0.539. The van der Waals surface area contributed by atoms with Gasteiger partial charge in [-0.2, -0.15) is 0 Å². The van der Waals surface area contributed by atoms with Crippen LogP contribution in [0.5, 0.6) is 5.75 Å². The summed E-state index contributed by atoms with van der Waals surface area (Å²) < 4.78 is 28.6. The number of carbonyl (C=O) groups excluding carboxylic acids is 1. The van der Waals surface area contributed by atoms with Crippen LogP contribution in [-0.2, 0) is 21.2 Å². The zero-order chi connectivity index (χ0) is 20.2. The number of hydrogen-bond donors (Lipinski definition) is 2. The van der Waals surface area contributed by atoms with Crippen LogP contribution in [0.15, 0.2) is 47.4 Å². The minimum Gasteiger partial charge on any atom is -0.497 e. The van der Waals surface area contributed by atoms with Crippen LogP contribution in [-0.4, -0.2) is 42.2 Å². The second-order valence-electron chi connectivity index (χ2n) is 6.37. The summed E-state index contributed by atoms with van der Waals surface area (Å²) in [5.41, 5.74) is 2.54. The lowest BCUT2D eigenvalue weighted by atomic mass is 10.1. The van der Waals surface area contributed by atoms with Gasteiger partial charge >= 0.3 is 0 Å². The standard InChI is InChI=1S/C18H22N2O6S/c1-18(17(22)19-23,27(3,24)25)8-10-20-9-7-14(12-16(20)21)13-5-4-6-15(11-13)26-2/h4-7,9,11-12,23H,8,10H2,1-3H3,(H,19,22)/t18-/m1/s1. The Morgan fingerprint density at radius 3 is 2.48 bits per heavy atom. The van der Waals surface area contributed by atoms with Gasteiger partial charge in [0.15, 0.2) is 14.6 Å². The Hall–Kier alpha value is -2.65. The molecule has 0 saturated heterocycles. The summed E-state index contributed by atoms with van der Waals surface area (Å²) in [6.07, 6.45) is 2.28. The van der Waals surface area contributed by atoms with Crippen molar-refractivity contribution in [3.63, 3.8) is 0 Å². The van der Waals surface area contributed by atoms with Crippen molar-refractivity contribution in [2.75, 3.05) is 13.4 Å². The van der Waals surface area contributed by atoms with Crippen LogP contribution in [0.2, 0.25) is 0 Å². The number of nitrogens with zero attached hydrogens (tertiary/aromatic N) is 1. The Morgan fingerprint density at radius 2 is 1.93 bits per heavy atom. The normalized spacial score (nSPS) is 13.6. The number of pyridine rings is 1. The smallest absolute Gasteiger partial charge is 0.264 e. The van der Waals surface area contributed by atoms with Crippen LogP contribution in [0.4, 0.5) is 0 Å². The van der Waals surface area contributed by atoms with E-state index in [0.717, 1.165) is 11.8 Å². The fraction of sp³-hybridized carbons (Fsp3) is 0.333. The van der Waals surface area contributed by atoms with Gasteiger partial charge < -0.3 is 9.30 Å². The molecule has 1 amide bonds. The average molecular weight is 394 g/mol. The zero-order valence-electron chi connectivity index (χ0n) is 15.3. The molecule has 2 aromatic rings. The number of amides is 1. The second kappa shape index (κ2) is 7.93. The number of carbonyl (C=O) groups is 1. The molecule has 27 heavy (non-hydrogen) atoms. The molecular weight excluding hydrogens is 372 g/mol. The van der Waals surface area contributed by atoms with E-state index in [-0.39, 0.29) is 18.5 Å². The molecule has 0 radical (unpaired) electrons. The van der Waals surface area contributed by atoms with Crippen molar-refractivity contribution in [2.24, 2.45) is 0 Å². The number of aryl methyl sites for hydroxylation is 1. The Bertz CT molecular complexity index is 999. The molecule has 0 aliphatic carbocycles. The van der Waals surface area contributed by atoms with Gasteiger partial charge in [-0.1, -0.05) is 12.1 Å². The summed E-state index contributed by atoms with van der Waals surface area (Å²) in [5, 5.41) is 8.85. The summed E-state index contributed by atoms with van der Waals surface area (Å²) in [6.45, 7) is 1.21. The molecule has 0 aliphatic rings. The van der Waals surface area contributed by atoms with Crippen molar-refractivity contribution in [1.29, 1.82) is 0 Å². The van der Waals surface area contributed by atoms with Crippen LogP contribution >= 0.6 is 0 Å². The average Bonchev–Trinajstić information content (AvgIpc) is 2.65. The van der Waals surface area contributed by atoms with Gasteiger partial charge in [0.2, 0.25) is 0 Å². The predicted octanol–water partition coefficient (Wildman–Crippen LogP) is 1.22. The van der Waals surface area contributed by atoms with Gasteiger partial charge in [-0.15, -0.1) is 0 Å². The van der Waals surface area contributed by atoms with Crippen LogP contribution in [0, 0.1) is 0 Å². The molecular formula is C18H22N2O6S. The number of hydroxylamine groups is 1. The highest BCUT2D eigenvalue weighted by Gasteiger charge is 2.43. The zero-order valence-corrected chi connectivity index (χ0v) is 16.1. The lowest BCUT2D eigenvalue weighted by molar-refractivity contribution is -0.131. The predicted molar refractivity (Wildman–Crippen MR) is 100 cm³/mol. The second-order valence-corrected chi connectivity index (χ2v) is 8.82. The third-order valence-corrected chi connectivity index (χ3v) is 6.66. The molecule has 2 N–H and O–H groups in total. The molecule has 0 saturated carbocycles. The van der Waals surface area contributed by atoms with E-state index in [9.17, 15) is 18.0 Å². The van der Waals surface area contributed by atoms with Gasteiger partial charge in [0.25, 0.3) is 11.5 Å². The largest absolute Gasteiger partial charge is 0.497 e. The number of rotatable bonds is 7. The molecule has 1 aromatic heterocycles. The molecule has 1 heterocycles. The van der Waals surface area contributed by atoms with Gasteiger partial charge in [-0.3, -0.25) is 14.8 Å². The van der Waals surface area contributed by atoms with E-state index in [1.807, 2.05) is 12.1 Å². The third-order valence-electron chi connectivity index (χ3n) is 4.63. The van der Waals surface area contributed by atoms with E-state index in [1.54, 1.807) is 25.3 Å². The summed E-state index contributed by atoms with van der Waals surface area (Å²) in [6, 6.07) is 10.4. The number of nitrogens with one attached hydrogen (secondary N) is 1. The molecule has 146 valence electrons. The highest BCUT2D eigenvalue weighted by Crippen LogP contribution is 2.24. The van der Waals surface area contributed by atoms with Crippen LogP contribution < -0.4 is 15.8 Å². The summed E-state index contributed by atoms with van der Waals surface area (Å²) in [4.78, 5) is 24.3. The molecule has 2 rings (SSSR count). The first-order chi connectivity index (χ1) is 12.6. The maximum absolute atomic E-state index is 12.4. The summed E-state index contributed by atoms with van der Waals surface area (Å²) in [5.74, 6) is -0.373. The summed E-state index contributed by atoms with van der Waals surface area (Å²) >= 11 is 0. The van der Waals surface area contributed by atoms with E-state index >= 15 is 0 Å². The van der Waals surface area contributed by atoms with Crippen LogP contribution in [0.1, 0.15) is 13.3 Å². The van der Waals surface area contributed by atoms with Crippen molar-refractivity contribution in [1.82, 2.24) is 10.0 Å². The topological polar surface area (TPSA) is 115 Å². The Balaban J connectivity index is 2.28. The summed E-state index contributed by atoms with van der Waals surface area (Å²) in [7, 11) is -2.26. The van der Waals surface area contributed by atoms with E-state index in [1.165, 1.54) is 29.2 Å². The van der Waals surface area contributed by atoms with Crippen LogP contribution in [0.3, 0.4) is 0 Å². The third kappa shape index (κ3) is 4.37. The molecule has 8 nitrogen and oxygen atoms in total. The van der Waals surface area contributed by atoms with E-state index in [0.29, 0.717) is 11.3 Å². The van der Waals surface area contributed by atoms with Crippen molar-refractivity contribution in [2.45, 2.75) is 24.6 Å². The van der Waals surface area contributed by atoms with Crippen molar-refractivity contribution in [3.8, 4) is 16.9 Å². The van der Waals surface area contributed by atoms with E-state index in [4.69, 9.17) is 9.94 Å². The van der Waals surface area contributed by atoms with Crippen molar-refractivity contribution in [3.05, 3.63) is 52.9 Å². The molecule has 0 spiro atoms. The lowest BCUT2D eigenvalue weighted by Gasteiger charge is -2.25. The number of aromatic nitrogens is 1. The maximum Gasteiger partial charge on any atom is 0.264 e. The Labute approximate surface area is 157 Å². The van der Waals surface area contributed by atoms with Crippen LogP contribution in [0.25, 0.3) is 11.1 Å². The van der Waals surface area contributed by atoms with Gasteiger partial charge in [0.05, 0.1) is 7.11 Å². The van der Waals surface area contributed by atoms with Crippen molar-refractivity contribution >= 4 is 15.7 Å². The molecule has 0 bridgehead atoms. The highest BCUT2D eigenvalue weighted by molar-refractivity contribution is 7.92. The Kier molecular flexibility index (Phi) is 6.07. The van der Waals surface area contributed by atoms with Gasteiger partial charge in [0, 0.05) is 25.1 Å². The molecule has 0 fully saturated rings.